The van der Waals surface area contributed by atoms with Gasteiger partial charge in [0.15, 0.2) is 6.61 Å². The second-order valence-electron chi connectivity index (χ2n) is 8.71. The van der Waals surface area contributed by atoms with Gasteiger partial charge in [-0.2, -0.15) is 0 Å². The number of rotatable bonds is 6. The standard InChI is InChI=1S/C23H23N3O7S2/c27-14(25-7-2-1-3-8-25)11-33-13-6-4-5-12(9-13)16-17-19(34-20-18(16)35-23(32)24-20)22(31)26(21(17)30)10-15(28)29/h4-6,9,16-17,19H,1-3,7-8,10-11H2,(H,24,32)(H,28,29)/t16-,17?,19?/m0/s1. The van der Waals surface area contributed by atoms with Crippen LogP contribution in [-0.2, 0) is 19.2 Å². The lowest BCUT2D eigenvalue weighted by Crippen LogP contribution is -2.38. The van der Waals surface area contributed by atoms with Crippen molar-refractivity contribution in [2.24, 2.45) is 5.92 Å². The lowest BCUT2D eigenvalue weighted by atomic mass is 9.83. The number of likely N-dealkylation sites (tertiary alicyclic amines) is 2. The highest BCUT2D eigenvalue weighted by atomic mass is 32.2. The van der Waals surface area contributed by atoms with Gasteiger partial charge >= 0.3 is 10.8 Å². The molecule has 3 aliphatic rings. The number of aromatic amines is 1. The molecule has 2 N–H and O–H groups in total. The number of thiazole rings is 1. The number of nitrogens with one attached hydrogen (secondary N) is 1. The molecule has 12 heteroatoms. The van der Waals surface area contributed by atoms with Crippen molar-refractivity contribution in [1.82, 2.24) is 14.8 Å². The number of carbonyl (C=O) groups is 4. The van der Waals surface area contributed by atoms with Gasteiger partial charge in [0.05, 0.1) is 10.9 Å². The van der Waals surface area contributed by atoms with E-state index in [0.29, 0.717) is 21.2 Å². The van der Waals surface area contributed by atoms with E-state index in [0.717, 1.165) is 60.4 Å². The van der Waals surface area contributed by atoms with Gasteiger partial charge in [0.25, 0.3) is 5.91 Å². The summed E-state index contributed by atoms with van der Waals surface area (Å²) >= 11 is 2.06. The van der Waals surface area contributed by atoms with Gasteiger partial charge in [-0.15, -0.1) is 0 Å². The van der Waals surface area contributed by atoms with Gasteiger partial charge in [-0.25, -0.2) is 0 Å². The Morgan fingerprint density at radius 3 is 2.63 bits per heavy atom. The molecule has 2 aromatic rings. The topological polar surface area (TPSA) is 137 Å². The van der Waals surface area contributed by atoms with Crippen LogP contribution in [0.25, 0.3) is 0 Å². The van der Waals surface area contributed by atoms with Gasteiger partial charge < -0.3 is 19.7 Å². The fourth-order valence-corrected chi connectivity index (χ4v) is 7.44. The smallest absolute Gasteiger partial charge is 0.323 e. The molecule has 0 spiro atoms. The average Bonchev–Trinajstić information content (AvgIpc) is 3.33. The minimum atomic E-state index is -1.27. The number of ether oxygens (including phenoxy) is 1. The van der Waals surface area contributed by atoms with Gasteiger partial charge in [-0.05, 0) is 37.0 Å². The van der Waals surface area contributed by atoms with Crippen LogP contribution in [0.1, 0.15) is 35.6 Å². The fraction of sp³-hybridized carbons (Fsp3) is 0.435. The lowest BCUT2D eigenvalue weighted by Gasteiger charge is -2.30. The summed E-state index contributed by atoms with van der Waals surface area (Å²) in [6, 6.07) is 6.94. The molecule has 184 valence electrons. The highest BCUT2D eigenvalue weighted by molar-refractivity contribution is 8.00. The monoisotopic (exact) mass is 517 g/mol. The van der Waals surface area contributed by atoms with Crippen molar-refractivity contribution in [2.75, 3.05) is 26.2 Å². The Balaban J connectivity index is 1.44. The molecule has 2 saturated heterocycles. The second kappa shape index (κ2) is 9.50. The summed E-state index contributed by atoms with van der Waals surface area (Å²) < 4.78 is 5.78. The van der Waals surface area contributed by atoms with E-state index in [1.54, 1.807) is 29.2 Å². The van der Waals surface area contributed by atoms with Crippen LogP contribution in [0, 0.1) is 5.92 Å². The maximum atomic E-state index is 13.2. The van der Waals surface area contributed by atoms with Crippen molar-refractivity contribution in [3.05, 3.63) is 44.4 Å². The Kier molecular flexibility index (Phi) is 6.41. The number of piperidine rings is 1. The first-order valence-electron chi connectivity index (χ1n) is 11.3. The molecule has 2 unspecified atom stereocenters. The molecule has 4 heterocycles. The molecular weight excluding hydrogens is 494 g/mol. The molecule has 0 aliphatic carbocycles. The van der Waals surface area contributed by atoms with Crippen LogP contribution in [0.2, 0.25) is 0 Å². The Morgan fingerprint density at radius 1 is 1.11 bits per heavy atom. The van der Waals surface area contributed by atoms with E-state index >= 15 is 0 Å². The number of H-pyrrole nitrogens is 1. The third-order valence-electron chi connectivity index (χ3n) is 6.50. The van der Waals surface area contributed by atoms with E-state index in [1.165, 1.54) is 0 Å². The van der Waals surface area contributed by atoms with Crippen molar-refractivity contribution < 1.29 is 29.0 Å². The molecule has 0 bridgehead atoms. The number of carbonyl (C=O) groups excluding carboxylic acids is 3. The molecule has 10 nitrogen and oxygen atoms in total. The van der Waals surface area contributed by atoms with E-state index in [4.69, 9.17) is 4.74 Å². The molecule has 35 heavy (non-hydrogen) atoms. The van der Waals surface area contributed by atoms with Crippen LogP contribution in [0.15, 0.2) is 34.1 Å². The summed E-state index contributed by atoms with van der Waals surface area (Å²) in [5.74, 6) is -3.55. The molecule has 1 aromatic carbocycles. The van der Waals surface area contributed by atoms with Gasteiger partial charge in [-0.3, -0.25) is 28.9 Å². The number of hydrogen-bond acceptors (Lipinski definition) is 8. The normalized spacial score (nSPS) is 23.7. The molecule has 2 fully saturated rings. The third-order valence-corrected chi connectivity index (χ3v) is 8.90. The van der Waals surface area contributed by atoms with E-state index in [2.05, 4.69) is 4.98 Å². The fourth-order valence-electron chi connectivity index (χ4n) is 4.90. The zero-order valence-corrected chi connectivity index (χ0v) is 20.2. The predicted molar refractivity (Wildman–Crippen MR) is 127 cm³/mol. The summed E-state index contributed by atoms with van der Waals surface area (Å²) in [6.45, 7) is 0.638. The molecule has 0 radical (unpaired) electrons. The van der Waals surface area contributed by atoms with Gasteiger partial charge in [0, 0.05) is 23.9 Å². The molecule has 5 rings (SSSR count). The lowest BCUT2D eigenvalue weighted by molar-refractivity contribution is -0.149. The zero-order chi connectivity index (χ0) is 24.7. The maximum Gasteiger partial charge on any atom is 0.323 e. The molecule has 1 aromatic heterocycles. The number of fused-ring (bicyclic) bond motifs is 2. The SMILES string of the molecule is O=C(O)CN1C(=O)C2Sc3[nH]c(=O)sc3[C@@H](c3cccc(OCC(=O)N4CCCCC4)c3)C2C1=O. The molecule has 0 saturated carbocycles. The number of thioether (sulfide) groups is 1. The van der Waals surface area contributed by atoms with Crippen LogP contribution in [-0.4, -0.2) is 75.1 Å². The maximum absolute atomic E-state index is 13.2. The highest BCUT2D eigenvalue weighted by Crippen LogP contribution is 2.52. The number of hydrogen-bond donors (Lipinski definition) is 2. The van der Waals surface area contributed by atoms with Crippen molar-refractivity contribution in [1.29, 1.82) is 0 Å². The van der Waals surface area contributed by atoms with Crippen molar-refractivity contribution in [2.45, 2.75) is 35.5 Å². The second-order valence-corrected chi connectivity index (χ2v) is 10.9. The first kappa shape index (κ1) is 23.6. The molecule has 3 aliphatic heterocycles. The van der Waals surface area contributed by atoms with Crippen LogP contribution in [0.3, 0.4) is 0 Å². The number of nitrogens with zero attached hydrogens (tertiary/aromatic N) is 2. The average molecular weight is 518 g/mol. The molecule has 3 amide bonds. The summed E-state index contributed by atoms with van der Waals surface area (Å²) in [5, 5.41) is 8.86. The number of carboxylic acid groups (broad SMARTS) is 1. The largest absolute Gasteiger partial charge is 0.484 e. The van der Waals surface area contributed by atoms with Gasteiger partial charge in [0.2, 0.25) is 11.8 Å². The highest BCUT2D eigenvalue weighted by Gasteiger charge is 2.56. The number of benzene rings is 1. The first-order valence-corrected chi connectivity index (χ1v) is 13.0. The van der Waals surface area contributed by atoms with E-state index in [9.17, 15) is 29.1 Å². The van der Waals surface area contributed by atoms with Crippen molar-refractivity contribution in [3.8, 4) is 5.75 Å². The molecular formula is C23H23N3O7S2. The Labute approximate surface area is 208 Å². The number of imide groups is 1. The predicted octanol–water partition coefficient (Wildman–Crippen LogP) is 1.50. The zero-order valence-electron chi connectivity index (χ0n) is 18.6. The van der Waals surface area contributed by atoms with Crippen LogP contribution < -0.4 is 9.61 Å². The minimum absolute atomic E-state index is 0.0868. The minimum Gasteiger partial charge on any atom is -0.484 e. The summed E-state index contributed by atoms with van der Waals surface area (Å²) in [6.07, 6.45) is 3.08. The summed E-state index contributed by atoms with van der Waals surface area (Å²) in [5.41, 5.74) is 0.651. The van der Waals surface area contributed by atoms with E-state index in [-0.39, 0.29) is 17.4 Å². The van der Waals surface area contributed by atoms with Gasteiger partial charge in [-0.1, -0.05) is 35.2 Å². The van der Waals surface area contributed by atoms with Gasteiger partial charge in [0.1, 0.15) is 17.5 Å². The van der Waals surface area contributed by atoms with Crippen LogP contribution in [0.4, 0.5) is 0 Å². The summed E-state index contributed by atoms with van der Waals surface area (Å²) in [4.78, 5) is 67.7. The van der Waals surface area contributed by atoms with Crippen LogP contribution in [0.5, 0.6) is 5.75 Å². The van der Waals surface area contributed by atoms with E-state index in [1.807, 2.05) is 0 Å². The van der Waals surface area contributed by atoms with Crippen molar-refractivity contribution in [3.63, 3.8) is 0 Å². The number of carboxylic acids is 1. The Morgan fingerprint density at radius 2 is 1.89 bits per heavy atom. The third kappa shape index (κ3) is 4.47. The molecule has 3 atom stereocenters. The Bertz CT molecular complexity index is 1250. The van der Waals surface area contributed by atoms with Crippen LogP contribution >= 0.6 is 23.1 Å². The summed E-state index contributed by atoms with van der Waals surface area (Å²) in [7, 11) is 0. The van der Waals surface area contributed by atoms with E-state index < -0.39 is 41.4 Å². The van der Waals surface area contributed by atoms with Crippen molar-refractivity contribution >= 4 is 46.8 Å². The quantitative estimate of drug-likeness (QED) is 0.550. The first-order chi connectivity index (χ1) is 16.8. The number of amides is 3. The Hall–Kier alpha value is -3.12. The number of aromatic nitrogens is 1. The number of aliphatic carboxylic acids is 1.